The van der Waals surface area contributed by atoms with Crippen molar-refractivity contribution < 1.29 is 38.4 Å². The summed E-state index contributed by atoms with van der Waals surface area (Å²) in [6.45, 7) is 0.423. The molecule has 0 spiro atoms. The molecule has 0 aliphatic carbocycles. The second-order valence-corrected chi connectivity index (χ2v) is 9.98. The zero-order chi connectivity index (χ0) is 26.1. The van der Waals surface area contributed by atoms with Crippen molar-refractivity contribution in [2.45, 2.75) is 30.5 Å². The number of pyridine rings is 1. The predicted molar refractivity (Wildman–Crippen MR) is 125 cm³/mol. The molecule has 3 aliphatic heterocycles. The fraction of sp³-hybridized carbons (Fsp3) is 0.333. The zero-order valence-corrected chi connectivity index (χ0v) is 20.6. The molecule has 5 rings (SSSR count). The molecule has 16 heteroatoms. The van der Waals surface area contributed by atoms with Crippen LogP contribution in [0.15, 0.2) is 47.0 Å². The molecule has 2 saturated heterocycles. The number of oxime groups is 1. The van der Waals surface area contributed by atoms with Crippen LogP contribution in [-0.4, -0.2) is 73.6 Å². The number of hydrogen-bond acceptors (Lipinski definition) is 13. The van der Waals surface area contributed by atoms with Crippen LogP contribution in [0.25, 0.3) is 0 Å². The van der Waals surface area contributed by atoms with Crippen molar-refractivity contribution in [2.24, 2.45) is 5.16 Å². The highest BCUT2D eigenvalue weighted by Crippen LogP contribution is 2.40. The summed E-state index contributed by atoms with van der Waals surface area (Å²) in [6, 6.07) is 4.40. The summed E-state index contributed by atoms with van der Waals surface area (Å²) in [4.78, 5) is 60.0. The molecular formula is C21H19N7O7S2. The number of hydrogen-bond donors (Lipinski definition) is 2. The van der Waals surface area contributed by atoms with Gasteiger partial charge in [0.15, 0.2) is 24.1 Å². The first-order valence-electron chi connectivity index (χ1n) is 11.0. The molecule has 2 amide bonds. The first-order chi connectivity index (χ1) is 17.8. The Labute approximate surface area is 217 Å². The molecule has 0 bridgehead atoms. The summed E-state index contributed by atoms with van der Waals surface area (Å²) in [5.41, 5.74) is 5.54. The second-order valence-electron chi connectivity index (χ2n) is 8.09. The number of carboxylic acid groups (broad SMARTS) is 1. The number of aliphatic carboxylic acids is 1. The molecule has 0 radical (unpaired) electrons. The average Bonchev–Trinajstić information content (AvgIpc) is 3.50. The third kappa shape index (κ3) is 4.84. The second kappa shape index (κ2) is 10.1. The summed E-state index contributed by atoms with van der Waals surface area (Å²) in [5.74, 6) is -3.41. The normalized spacial score (nSPS) is 23.3. The van der Waals surface area contributed by atoms with Crippen LogP contribution in [0.4, 0.5) is 5.13 Å². The molecule has 3 atom stereocenters. The number of fused-ring (bicyclic) bond motifs is 1. The smallest absolute Gasteiger partial charge is 0.350 e. The average molecular weight is 546 g/mol. The highest BCUT2D eigenvalue weighted by molar-refractivity contribution is 8.00. The molecule has 2 aromatic rings. The highest BCUT2D eigenvalue weighted by atomic mass is 32.2. The van der Waals surface area contributed by atoms with Crippen molar-refractivity contribution in [1.82, 2.24) is 19.6 Å². The minimum Gasteiger partial charge on any atom is -0.543 e. The number of rotatable bonds is 8. The lowest BCUT2D eigenvalue weighted by Gasteiger charge is -2.50. The number of nitrogen functional groups attached to an aromatic ring is 1. The quantitative estimate of drug-likeness (QED) is 0.118. The molecule has 14 nitrogen and oxygen atoms in total. The van der Waals surface area contributed by atoms with Gasteiger partial charge in [-0.05, 0) is 0 Å². The molecule has 0 saturated carbocycles. The number of nitrogens with two attached hydrogens (primary N) is 1. The van der Waals surface area contributed by atoms with Gasteiger partial charge in [0.25, 0.3) is 11.8 Å². The van der Waals surface area contributed by atoms with E-state index in [2.05, 4.69) is 19.8 Å². The highest BCUT2D eigenvalue weighted by Gasteiger charge is 2.53. The number of ether oxygens (including phenoxy) is 1. The fourth-order valence-corrected chi connectivity index (χ4v) is 5.74. The fourth-order valence-electron chi connectivity index (χ4n) is 3.97. The molecule has 2 aromatic heterocycles. The first kappa shape index (κ1) is 24.6. The Hall–Kier alpha value is -4.05. The number of anilines is 1. The number of β-lactam (4-membered cyclic amide) rings is 1. The molecule has 5 heterocycles. The Morgan fingerprint density at radius 2 is 2.11 bits per heavy atom. The standard InChI is InChI=1S/C21H19N7O7S2/c22-21-24-15(26-37-21)12(25-35-11-4-7-34-20(11)33)16(29)23-13-17(30)28-14(19(31)32)10(9-36-18(13)28)8-27-5-2-1-3-6-27/h1-3,5-6,11,13,18H,4,7-9H2,(H3-,22,23,24,26,29,31,32)/b25-12-/t11?,13?,18-/m1/s1. The van der Waals surface area contributed by atoms with E-state index in [-0.39, 0.29) is 36.2 Å². The molecule has 3 aliphatic rings. The number of carbonyl (C=O) groups is 4. The topological polar surface area (TPSA) is 193 Å². The molecule has 37 heavy (non-hydrogen) atoms. The van der Waals surface area contributed by atoms with E-state index in [9.17, 15) is 24.3 Å². The van der Waals surface area contributed by atoms with Gasteiger partial charge in [-0.15, -0.1) is 11.8 Å². The van der Waals surface area contributed by atoms with Crippen LogP contribution in [0.5, 0.6) is 0 Å². The van der Waals surface area contributed by atoms with Crippen molar-refractivity contribution in [1.29, 1.82) is 0 Å². The number of esters is 1. The molecule has 192 valence electrons. The minimum absolute atomic E-state index is 0.0667. The molecule has 2 fully saturated rings. The molecule has 0 aromatic carbocycles. The maximum atomic E-state index is 13.1. The number of carboxylic acids is 1. The number of carbonyl (C=O) groups excluding carboxylic acids is 4. The number of amides is 2. The van der Waals surface area contributed by atoms with Crippen LogP contribution in [0.3, 0.4) is 0 Å². The van der Waals surface area contributed by atoms with Gasteiger partial charge < -0.3 is 30.5 Å². The van der Waals surface area contributed by atoms with Crippen LogP contribution >= 0.6 is 23.3 Å². The van der Waals surface area contributed by atoms with Crippen LogP contribution in [-0.2, 0) is 35.3 Å². The predicted octanol–water partition coefficient (Wildman–Crippen LogP) is -2.45. The van der Waals surface area contributed by atoms with Crippen LogP contribution in [0.2, 0.25) is 0 Å². The monoisotopic (exact) mass is 545 g/mol. The van der Waals surface area contributed by atoms with E-state index in [1.807, 2.05) is 18.2 Å². The Morgan fingerprint density at radius 3 is 2.76 bits per heavy atom. The van der Waals surface area contributed by atoms with Gasteiger partial charge in [-0.3, -0.25) is 14.5 Å². The van der Waals surface area contributed by atoms with Crippen molar-refractivity contribution in [2.75, 3.05) is 18.1 Å². The van der Waals surface area contributed by atoms with Gasteiger partial charge in [0.05, 0.1) is 18.3 Å². The van der Waals surface area contributed by atoms with Crippen molar-refractivity contribution in [3.8, 4) is 0 Å². The Balaban J connectivity index is 1.34. The van der Waals surface area contributed by atoms with E-state index in [0.29, 0.717) is 11.3 Å². The van der Waals surface area contributed by atoms with E-state index in [0.717, 1.165) is 16.4 Å². The number of thioether (sulfide) groups is 1. The van der Waals surface area contributed by atoms with E-state index >= 15 is 0 Å². The van der Waals surface area contributed by atoms with Gasteiger partial charge in [-0.2, -0.15) is 9.36 Å². The first-order valence-corrected chi connectivity index (χ1v) is 12.8. The Bertz CT molecular complexity index is 1330. The summed E-state index contributed by atoms with van der Waals surface area (Å²) in [6.07, 6.45) is 2.82. The van der Waals surface area contributed by atoms with Crippen molar-refractivity contribution in [3.63, 3.8) is 0 Å². The largest absolute Gasteiger partial charge is 0.543 e. The van der Waals surface area contributed by atoms with Crippen LogP contribution < -0.4 is 20.7 Å². The molecule has 2 unspecified atom stereocenters. The summed E-state index contributed by atoms with van der Waals surface area (Å²) < 4.78 is 10.6. The third-order valence-electron chi connectivity index (χ3n) is 5.71. The number of aromatic nitrogens is 3. The summed E-state index contributed by atoms with van der Waals surface area (Å²) in [5, 5.41) is 17.7. The van der Waals surface area contributed by atoms with E-state index in [1.54, 1.807) is 17.0 Å². The summed E-state index contributed by atoms with van der Waals surface area (Å²) >= 11 is 2.13. The van der Waals surface area contributed by atoms with Gasteiger partial charge in [0.1, 0.15) is 11.4 Å². The zero-order valence-electron chi connectivity index (χ0n) is 18.9. The van der Waals surface area contributed by atoms with Crippen LogP contribution in [0, 0.1) is 0 Å². The van der Waals surface area contributed by atoms with Gasteiger partial charge in [-0.1, -0.05) is 11.2 Å². The van der Waals surface area contributed by atoms with Gasteiger partial charge in [0.2, 0.25) is 17.6 Å². The Kier molecular flexibility index (Phi) is 6.75. The lowest BCUT2D eigenvalue weighted by molar-refractivity contribution is -0.689. The molecule has 3 N–H and O–H groups in total. The van der Waals surface area contributed by atoms with Crippen LogP contribution in [0.1, 0.15) is 12.2 Å². The van der Waals surface area contributed by atoms with Gasteiger partial charge in [0, 0.05) is 41.4 Å². The maximum Gasteiger partial charge on any atom is 0.350 e. The number of nitrogens with zero attached hydrogens (tertiary/aromatic N) is 5. The lowest BCUT2D eigenvalue weighted by atomic mass is 10.0. The Morgan fingerprint density at radius 1 is 1.32 bits per heavy atom. The number of nitrogens with one attached hydrogen (secondary N) is 1. The lowest BCUT2D eigenvalue weighted by Crippen LogP contribution is -2.71. The minimum atomic E-state index is -1.48. The van der Waals surface area contributed by atoms with Gasteiger partial charge >= 0.3 is 5.97 Å². The van der Waals surface area contributed by atoms with Crippen molar-refractivity contribution in [3.05, 3.63) is 47.7 Å². The maximum absolute atomic E-state index is 13.1. The molecular weight excluding hydrogens is 526 g/mol. The third-order valence-corrected chi connectivity index (χ3v) is 7.59. The van der Waals surface area contributed by atoms with E-state index in [4.69, 9.17) is 15.3 Å². The van der Waals surface area contributed by atoms with Gasteiger partial charge in [-0.25, -0.2) is 9.36 Å². The summed E-state index contributed by atoms with van der Waals surface area (Å²) in [7, 11) is 0. The van der Waals surface area contributed by atoms with Crippen molar-refractivity contribution >= 4 is 57.9 Å². The van der Waals surface area contributed by atoms with E-state index < -0.39 is 47.0 Å². The number of cyclic esters (lactones) is 1. The van der Waals surface area contributed by atoms with E-state index in [1.165, 1.54) is 11.8 Å². The SMILES string of the molecule is Nc1nc(/C(=N/OC2CCOC2=O)C(=O)NC2C(=O)N3C(C(=O)[O-])=C(C[n+]4ccccc4)CS[C@H]23)ns1.